The summed E-state index contributed by atoms with van der Waals surface area (Å²) < 4.78 is 1.91. The summed E-state index contributed by atoms with van der Waals surface area (Å²) in [6.45, 7) is 1.57. The van der Waals surface area contributed by atoms with Crippen LogP contribution in [0.5, 0.6) is 0 Å². The van der Waals surface area contributed by atoms with Gasteiger partial charge in [-0.15, -0.1) is 0 Å². The molecule has 0 radical (unpaired) electrons. The predicted molar refractivity (Wildman–Crippen MR) is 79.3 cm³/mol. The van der Waals surface area contributed by atoms with Crippen LogP contribution >= 0.6 is 0 Å². The second-order valence-electron chi connectivity index (χ2n) is 5.56. The molecule has 0 bridgehead atoms. The fraction of sp³-hybridized carbons (Fsp3) is 0.500. The van der Waals surface area contributed by atoms with Gasteiger partial charge in [-0.25, -0.2) is 9.67 Å². The highest BCUT2D eigenvalue weighted by Crippen LogP contribution is 2.17. The van der Waals surface area contributed by atoms with E-state index in [1.165, 1.54) is 37.7 Å². The van der Waals surface area contributed by atoms with Crippen LogP contribution in [0.1, 0.15) is 43.5 Å². The van der Waals surface area contributed by atoms with Crippen molar-refractivity contribution in [3.63, 3.8) is 0 Å². The van der Waals surface area contributed by atoms with Crippen molar-refractivity contribution in [2.24, 2.45) is 0 Å². The SMILES string of the molecule is c1ccc(Cn2cnc(CNC3CCCCC3)n2)cc1. The van der Waals surface area contributed by atoms with Crippen molar-refractivity contribution in [1.29, 1.82) is 0 Å². The third-order valence-electron chi connectivity index (χ3n) is 3.93. The molecule has 1 aliphatic carbocycles. The van der Waals surface area contributed by atoms with Gasteiger partial charge in [0.1, 0.15) is 6.33 Å². The van der Waals surface area contributed by atoms with Crippen molar-refractivity contribution in [1.82, 2.24) is 20.1 Å². The molecular formula is C16H22N4. The summed E-state index contributed by atoms with van der Waals surface area (Å²) in [5.41, 5.74) is 1.25. The van der Waals surface area contributed by atoms with Gasteiger partial charge in [0.2, 0.25) is 0 Å². The van der Waals surface area contributed by atoms with Gasteiger partial charge in [0.05, 0.1) is 13.1 Å². The Morgan fingerprint density at radius 2 is 1.90 bits per heavy atom. The van der Waals surface area contributed by atoms with E-state index in [-0.39, 0.29) is 0 Å². The van der Waals surface area contributed by atoms with Gasteiger partial charge in [-0.3, -0.25) is 0 Å². The average molecular weight is 270 g/mol. The lowest BCUT2D eigenvalue weighted by molar-refractivity contribution is 0.369. The average Bonchev–Trinajstić information content (AvgIpc) is 2.95. The van der Waals surface area contributed by atoms with Gasteiger partial charge in [-0.2, -0.15) is 5.10 Å². The monoisotopic (exact) mass is 270 g/mol. The Labute approximate surface area is 120 Å². The molecule has 1 fully saturated rings. The lowest BCUT2D eigenvalue weighted by Crippen LogP contribution is -2.30. The maximum absolute atomic E-state index is 4.53. The van der Waals surface area contributed by atoms with Crippen LogP contribution < -0.4 is 5.32 Å². The van der Waals surface area contributed by atoms with E-state index in [1.54, 1.807) is 0 Å². The maximum Gasteiger partial charge on any atom is 0.164 e. The predicted octanol–water partition coefficient (Wildman–Crippen LogP) is 2.75. The van der Waals surface area contributed by atoms with Crippen molar-refractivity contribution in [3.05, 3.63) is 48.0 Å². The Bertz CT molecular complexity index is 514. The molecule has 3 rings (SSSR count). The summed E-state index contributed by atoms with van der Waals surface area (Å²) in [4.78, 5) is 4.39. The van der Waals surface area contributed by atoms with Crippen LogP contribution in [-0.2, 0) is 13.1 Å². The molecule has 0 aliphatic heterocycles. The molecular weight excluding hydrogens is 248 g/mol. The molecule has 0 unspecified atom stereocenters. The van der Waals surface area contributed by atoms with Crippen LogP contribution in [0.15, 0.2) is 36.7 Å². The van der Waals surface area contributed by atoms with E-state index < -0.39 is 0 Å². The molecule has 1 saturated carbocycles. The standard InChI is InChI=1S/C16H22N4/c1-3-7-14(8-4-1)12-20-13-18-16(19-20)11-17-15-9-5-2-6-10-15/h1,3-4,7-8,13,15,17H,2,5-6,9-12H2. The van der Waals surface area contributed by atoms with E-state index in [2.05, 4.69) is 39.7 Å². The van der Waals surface area contributed by atoms with Gasteiger partial charge in [0, 0.05) is 6.04 Å². The van der Waals surface area contributed by atoms with E-state index in [0.717, 1.165) is 18.9 Å². The smallest absolute Gasteiger partial charge is 0.164 e. The van der Waals surface area contributed by atoms with E-state index in [1.807, 2.05) is 17.1 Å². The van der Waals surface area contributed by atoms with E-state index in [0.29, 0.717) is 6.04 Å². The molecule has 1 aromatic carbocycles. The largest absolute Gasteiger partial charge is 0.307 e. The number of aromatic nitrogens is 3. The zero-order valence-corrected chi connectivity index (χ0v) is 11.8. The Kier molecular flexibility index (Phi) is 4.43. The molecule has 1 N–H and O–H groups in total. The number of nitrogens with one attached hydrogen (secondary N) is 1. The first-order valence-electron chi connectivity index (χ1n) is 7.56. The zero-order valence-electron chi connectivity index (χ0n) is 11.8. The maximum atomic E-state index is 4.53. The Morgan fingerprint density at radius 1 is 1.10 bits per heavy atom. The Balaban J connectivity index is 1.51. The minimum Gasteiger partial charge on any atom is -0.307 e. The Morgan fingerprint density at radius 3 is 2.70 bits per heavy atom. The molecule has 20 heavy (non-hydrogen) atoms. The summed E-state index contributed by atoms with van der Waals surface area (Å²) >= 11 is 0. The van der Waals surface area contributed by atoms with Crippen molar-refractivity contribution < 1.29 is 0 Å². The molecule has 1 aromatic heterocycles. The van der Waals surface area contributed by atoms with Crippen molar-refractivity contribution in [2.75, 3.05) is 0 Å². The molecule has 1 heterocycles. The number of benzene rings is 1. The number of hydrogen-bond acceptors (Lipinski definition) is 3. The molecule has 4 nitrogen and oxygen atoms in total. The summed E-state index contributed by atoms with van der Waals surface area (Å²) in [6.07, 6.45) is 8.52. The first kappa shape index (κ1) is 13.3. The lowest BCUT2D eigenvalue weighted by Gasteiger charge is -2.22. The van der Waals surface area contributed by atoms with Gasteiger partial charge in [-0.1, -0.05) is 49.6 Å². The van der Waals surface area contributed by atoms with Crippen LogP contribution in [0.3, 0.4) is 0 Å². The highest BCUT2D eigenvalue weighted by Gasteiger charge is 2.13. The van der Waals surface area contributed by atoms with Crippen LogP contribution in [0.4, 0.5) is 0 Å². The summed E-state index contributed by atoms with van der Waals surface area (Å²) in [7, 11) is 0. The molecule has 0 amide bonds. The first-order valence-corrected chi connectivity index (χ1v) is 7.56. The quantitative estimate of drug-likeness (QED) is 0.908. The fourth-order valence-electron chi connectivity index (χ4n) is 2.80. The summed E-state index contributed by atoms with van der Waals surface area (Å²) in [5.74, 6) is 0.895. The van der Waals surface area contributed by atoms with Crippen LogP contribution in [-0.4, -0.2) is 20.8 Å². The van der Waals surface area contributed by atoms with Gasteiger partial charge in [0.25, 0.3) is 0 Å². The molecule has 0 spiro atoms. The van der Waals surface area contributed by atoms with Crippen molar-refractivity contribution in [2.45, 2.75) is 51.2 Å². The van der Waals surface area contributed by atoms with E-state index in [4.69, 9.17) is 0 Å². The molecule has 2 aromatic rings. The van der Waals surface area contributed by atoms with Crippen molar-refractivity contribution >= 4 is 0 Å². The minimum absolute atomic E-state index is 0.657. The van der Waals surface area contributed by atoms with Gasteiger partial charge >= 0.3 is 0 Å². The number of nitrogens with zero attached hydrogens (tertiary/aromatic N) is 3. The first-order chi connectivity index (χ1) is 9.90. The second-order valence-corrected chi connectivity index (χ2v) is 5.56. The third-order valence-corrected chi connectivity index (χ3v) is 3.93. The Hall–Kier alpha value is -1.68. The van der Waals surface area contributed by atoms with Crippen LogP contribution in [0.2, 0.25) is 0 Å². The molecule has 0 atom stereocenters. The molecule has 1 aliphatic rings. The van der Waals surface area contributed by atoms with E-state index in [9.17, 15) is 0 Å². The lowest BCUT2D eigenvalue weighted by atomic mass is 9.95. The normalized spacial score (nSPS) is 16.4. The van der Waals surface area contributed by atoms with Gasteiger partial charge in [0.15, 0.2) is 5.82 Å². The summed E-state index contributed by atoms with van der Waals surface area (Å²) in [5, 5.41) is 8.11. The number of rotatable bonds is 5. The van der Waals surface area contributed by atoms with Crippen LogP contribution in [0.25, 0.3) is 0 Å². The highest BCUT2D eigenvalue weighted by molar-refractivity contribution is 5.14. The van der Waals surface area contributed by atoms with Crippen LogP contribution in [0, 0.1) is 0 Å². The summed E-state index contributed by atoms with van der Waals surface area (Å²) in [6, 6.07) is 11.0. The number of hydrogen-bond donors (Lipinski definition) is 1. The molecule has 4 heteroatoms. The molecule has 106 valence electrons. The topological polar surface area (TPSA) is 42.7 Å². The minimum atomic E-state index is 0.657. The zero-order chi connectivity index (χ0) is 13.6. The van der Waals surface area contributed by atoms with Gasteiger partial charge in [-0.05, 0) is 18.4 Å². The third kappa shape index (κ3) is 3.67. The van der Waals surface area contributed by atoms with Gasteiger partial charge < -0.3 is 5.32 Å². The van der Waals surface area contributed by atoms with E-state index >= 15 is 0 Å². The molecule has 0 saturated heterocycles. The fourth-order valence-corrected chi connectivity index (χ4v) is 2.80. The highest BCUT2D eigenvalue weighted by atomic mass is 15.3. The second kappa shape index (κ2) is 6.66. The van der Waals surface area contributed by atoms with Crippen molar-refractivity contribution in [3.8, 4) is 0 Å².